The molecule has 2 rings (SSSR count). The number of hydrogen-bond donors (Lipinski definition) is 2. The number of carbonyl (C=O) groups is 4. The first-order valence-electron chi connectivity index (χ1n) is 9.20. The van der Waals surface area contributed by atoms with Crippen LogP contribution in [-0.4, -0.2) is 47.3 Å². The molecule has 0 amide bonds. The van der Waals surface area contributed by atoms with Gasteiger partial charge in [0.1, 0.15) is 13.2 Å². The van der Waals surface area contributed by atoms with Crippen molar-refractivity contribution in [2.75, 3.05) is 13.2 Å². The first-order chi connectivity index (χ1) is 12.4. The van der Waals surface area contributed by atoms with Crippen molar-refractivity contribution < 1.29 is 38.9 Å². The van der Waals surface area contributed by atoms with Gasteiger partial charge in [-0.3, -0.25) is 19.2 Å². The normalized spacial score (nSPS) is 28.8. The van der Waals surface area contributed by atoms with Gasteiger partial charge in [-0.1, -0.05) is 25.7 Å². The second-order valence-corrected chi connectivity index (χ2v) is 7.01. The van der Waals surface area contributed by atoms with Crippen LogP contribution in [0.4, 0.5) is 0 Å². The quantitative estimate of drug-likeness (QED) is 0.513. The van der Waals surface area contributed by atoms with Crippen molar-refractivity contribution in [3.63, 3.8) is 0 Å². The van der Waals surface area contributed by atoms with E-state index in [9.17, 15) is 29.4 Å². The summed E-state index contributed by atoms with van der Waals surface area (Å²) in [5.41, 5.74) is 0. The lowest BCUT2D eigenvalue weighted by atomic mass is 9.79. The molecule has 0 spiro atoms. The molecular weight excluding hydrogens is 344 g/mol. The fraction of sp³-hybridized carbons (Fsp3) is 0.778. The largest absolute Gasteiger partial charge is 0.481 e. The molecule has 0 saturated heterocycles. The standard InChI is InChI=1S/C18H26O8/c19-15(20)11-5-1-3-7-13(11)17(23)25-9-10-26-18(24)14-8-4-2-6-12(14)16(21)22/h11-14H,1-10H2,(H,19,20)(H,21,22)/t11-,12+,13-,14-/m1/s1. The van der Waals surface area contributed by atoms with Gasteiger partial charge in [-0.2, -0.15) is 0 Å². The molecule has 0 radical (unpaired) electrons. The zero-order chi connectivity index (χ0) is 19.1. The minimum absolute atomic E-state index is 0.155. The van der Waals surface area contributed by atoms with Crippen LogP contribution >= 0.6 is 0 Å². The summed E-state index contributed by atoms with van der Waals surface area (Å²) in [7, 11) is 0. The van der Waals surface area contributed by atoms with Gasteiger partial charge in [0.15, 0.2) is 0 Å². The van der Waals surface area contributed by atoms with Gasteiger partial charge in [0, 0.05) is 0 Å². The van der Waals surface area contributed by atoms with E-state index in [4.69, 9.17) is 9.47 Å². The average Bonchev–Trinajstić information content (AvgIpc) is 2.64. The summed E-state index contributed by atoms with van der Waals surface area (Å²) in [6, 6.07) is 0. The van der Waals surface area contributed by atoms with E-state index >= 15 is 0 Å². The summed E-state index contributed by atoms with van der Waals surface area (Å²) in [6.45, 7) is -0.310. The molecule has 2 fully saturated rings. The maximum absolute atomic E-state index is 12.1. The van der Waals surface area contributed by atoms with E-state index < -0.39 is 47.5 Å². The van der Waals surface area contributed by atoms with Crippen molar-refractivity contribution in [1.29, 1.82) is 0 Å². The summed E-state index contributed by atoms with van der Waals surface area (Å²) in [5, 5.41) is 18.4. The zero-order valence-corrected chi connectivity index (χ0v) is 14.7. The molecule has 0 unspecified atom stereocenters. The Morgan fingerprint density at radius 1 is 0.615 bits per heavy atom. The Morgan fingerprint density at radius 2 is 0.923 bits per heavy atom. The van der Waals surface area contributed by atoms with E-state index in [-0.39, 0.29) is 13.2 Å². The Labute approximate surface area is 151 Å². The molecular formula is C18H26O8. The van der Waals surface area contributed by atoms with Gasteiger partial charge in [-0.05, 0) is 25.7 Å². The number of ether oxygens (including phenoxy) is 2. The van der Waals surface area contributed by atoms with E-state index in [1.807, 2.05) is 0 Å². The Morgan fingerprint density at radius 3 is 1.23 bits per heavy atom. The summed E-state index contributed by atoms with van der Waals surface area (Å²) in [6.07, 6.45) is 5.03. The molecule has 0 heterocycles. The molecule has 2 aliphatic rings. The fourth-order valence-electron chi connectivity index (χ4n) is 3.92. The predicted octanol–water partition coefficient (Wildman–Crippen LogP) is 1.85. The highest BCUT2D eigenvalue weighted by molar-refractivity contribution is 5.82. The summed E-state index contributed by atoms with van der Waals surface area (Å²) in [4.78, 5) is 46.6. The molecule has 2 N–H and O–H groups in total. The van der Waals surface area contributed by atoms with Crippen LogP contribution in [-0.2, 0) is 28.7 Å². The van der Waals surface area contributed by atoms with E-state index in [0.29, 0.717) is 25.7 Å². The van der Waals surface area contributed by atoms with Crippen molar-refractivity contribution in [2.45, 2.75) is 51.4 Å². The monoisotopic (exact) mass is 370 g/mol. The van der Waals surface area contributed by atoms with Crippen molar-refractivity contribution in [1.82, 2.24) is 0 Å². The molecule has 0 aromatic heterocycles. The molecule has 26 heavy (non-hydrogen) atoms. The molecule has 0 bridgehead atoms. The maximum atomic E-state index is 12.1. The second-order valence-electron chi connectivity index (χ2n) is 7.01. The fourth-order valence-corrected chi connectivity index (χ4v) is 3.92. The minimum Gasteiger partial charge on any atom is -0.481 e. The summed E-state index contributed by atoms with van der Waals surface area (Å²) in [5.74, 6) is -5.90. The topological polar surface area (TPSA) is 127 Å². The van der Waals surface area contributed by atoms with Gasteiger partial charge in [-0.15, -0.1) is 0 Å². The van der Waals surface area contributed by atoms with Crippen molar-refractivity contribution >= 4 is 23.9 Å². The second kappa shape index (κ2) is 9.54. The van der Waals surface area contributed by atoms with Crippen molar-refractivity contribution in [2.24, 2.45) is 23.7 Å². The molecule has 0 aromatic rings. The van der Waals surface area contributed by atoms with Gasteiger partial charge in [0.2, 0.25) is 0 Å². The SMILES string of the molecule is O=C(O)[C@H]1CCCC[C@H]1C(=O)OCCOC(=O)[C@@H]1CCCC[C@H]1C(=O)O. The highest BCUT2D eigenvalue weighted by Gasteiger charge is 2.38. The molecule has 2 aliphatic carbocycles. The Balaban J connectivity index is 1.75. The Kier molecular flexibility index (Phi) is 7.41. The number of carboxylic acid groups (broad SMARTS) is 2. The lowest BCUT2D eigenvalue weighted by Crippen LogP contribution is -2.35. The van der Waals surface area contributed by atoms with Crippen LogP contribution in [0.2, 0.25) is 0 Å². The Hall–Kier alpha value is -2.12. The third-order valence-corrected chi connectivity index (χ3v) is 5.34. The molecule has 8 nitrogen and oxygen atoms in total. The third kappa shape index (κ3) is 5.19. The van der Waals surface area contributed by atoms with Crippen LogP contribution in [0.15, 0.2) is 0 Å². The van der Waals surface area contributed by atoms with Crippen LogP contribution in [0.3, 0.4) is 0 Å². The lowest BCUT2D eigenvalue weighted by Gasteiger charge is -2.27. The molecule has 146 valence electrons. The number of esters is 2. The first kappa shape index (κ1) is 20.2. The van der Waals surface area contributed by atoms with Gasteiger partial charge < -0.3 is 19.7 Å². The van der Waals surface area contributed by atoms with Crippen LogP contribution < -0.4 is 0 Å². The highest BCUT2D eigenvalue weighted by Crippen LogP contribution is 2.32. The van der Waals surface area contributed by atoms with Gasteiger partial charge in [0.05, 0.1) is 23.7 Å². The molecule has 8 heteroatoms. The predicted molar refractivity (Wildman–Crippen MR) is 88.1 cm³/mol. The van der Waals surface area contributed by atoms with Crippen LogP contribution in [0.1, 0.15) is 51.4 Å². The zero-order valence-electron chi connectivity index (χ0n) is 14.7. The molecule has 0 aliphatic heterocycles. The third-order valence-electron chi connectivity index (χ3n) is 5.34. The van der Waals surface area contributed by atoms with Crippen LogP contribution in [0.25, 0.3) is 0 Å². The van der Waals surface area contributed by atoms with Gasteiger partial charge in [-0.25, -0.2) is 0 Å². The number of hydrogen-bond acceptors (Lipinski definition) is 6. The van der Waals surface area contributed by atoms with Crippen molar-refractivity contribution in [3.8, 4) is 0 Å². The summed E-state index contributed by atoms with van der Waals surface area (Å²) < 4.78 is 10.2. The number of carbonyl (C=O) groups excluding carboxylic acids is 2. The van der Waals surface area contributed by atoms with E-state index in [0.717, 1.165) is 25.7 Å². The van der Waals surface area contributed by atoms with Crippen molar-refractivity contribution in [3.05, 3.63) is 0 Å². The van der Waals surface area contributed by atoms with Gasteiger partial charge in [0.25, 0.3) is 0 Å². The minimum atomic E-state index is -0.991. The van der Waals surface area contributed by atoms with E-state index in [1.54, 1.807) is 0 Å². The maximum Gasteiger partial charge on any atom is 0.309 e. The number of aliphatic carboxylic acids is 2. The highest BCUT2D eigenvalue weighted by atomic mass is 16.6. The average molecular weight is 370 g/mol. The summed E-state index contributed by atoms with van der Waals surface area (Å²) >= 11 is 0. The molecule has 0 aromatic carbocycles. The Bertz CT molecular complexity index is 495. The molecule has 2 saturated carbocycles. The van der Waals surface area contributed by atoms with Crippen LogP contribution in [0.5, 0.6) is 0 Å². The number of rotatable bonds is 7. The smallest absolute Gasteiger partial charge is 0.309 e. The van der Waals surface area contributed by atoms with E-state index in [1.165, 1.54) is 0 Å². The van der Waals surface area contributed by atoms with Gasteiger partial charge >= 0.3 is 23.9 Å². The lowest BCUT2D eigenvalue weighted by molar-refractivity contribution is -0.165. The van der Waals surface area contributed by atoms with Crippen LogP contribution in [0, 0.1) is 23.7 Å². The first-order valence-corrected chi connectivity index (χ1v) is 9.20. The number of carboxylic acids is 2. The van der Waals surface area contributed by atoms with E-state index in [2.05, 4.69) is 0 Å². The molecule has 4 atom stereocenters.